The van der Waals surface area contributed by atoms with Gasteiger partial charge >= 0.3 is 0 Å². The third-order valence-electron chi connectivity index (χ3n) is 4.31. The van der Waals surface area contributed by atoms with Crippen LogP contribution in [0.3, 0.4) is 0 Å². The van der Waals surface area contributed by atoms with Crippen molar-refractivity contribution in [3.8, 4) is 0 Å². The van der Waals surface area contributed by atoms with Gasteiger partial charge in [0.25, 0.3) is 0 Å². The summed E-state index contributed by atoms with van der Waals surface area (Å²) in [6.07, 6.45) is 3.38. The fraction of sp³-hybridized carbons (Fsp3) is 0.562. The molecule has 2 aliphatic rings. The molecule has 2 bridgehead atoms. The van der Waals surface area contributed by atoms with Gasteiger partial charge in [-0.1, -0.05) is 30.3 Å². The molecule has 3 rings (SSSR count). The third-order valence-corrected chi connectivity index (χ3v) is 4.31. The largest absolute Gasteiger partial charge is 0.371 e. The minimum atomic E-state index is -0.116. The van der Waals surface area contributed by atoms with Gasteiger partial charge in [0, 0.05) is 19.6 Å². The van der Waals surface area contributed by atoms with Gasteiger partial charge in [-0.05, 0) is 24.8 Å². The van der Waals surface area contributed by atoms with Crippen molar-refractivity contribution in [2.75, 3.05) is 19.6 Å². The highest BCUT2D eigenvalue weighted by Gasteiger charge is 2.37. The molecule has 2 N–H and O–H groups in total. The summed E-state index contributed by atoms with van der Waals surface area (Å²) in [4.78, 5) is 14.6. The van der Waals surface area contributed by atoms with Crippen LogP contribution in [0, 0.1) is 5.92 Å². The SMILES string of the molecule is NCC(Cc1ccccc1)C(=O)N1CC2CCC(C1)O2. The van der Waals surface area contributed by atoms with Gasteiger partial charge < -0.3 is 15.4 Å². The zero-order valence-corrected chi connectivity index (χ0v) is 11.7. The molecule has 1 aromatic rings. The minimum Gasteiger partial charge on any atom is -0.371 e. The smallest absolute Gasteiger partial charge is 0.227 e. The second-order valence-electron chi connectivity index (χ2n) is 5.82. The number of fused-ring (bicyclic) bond motifs is 2. The van der Waals surface area contributed by atoms with Crippen LogP contribution in [0.1, 0.15) is 18.4 Å². The van der Waals surface area contributed by atoms with Crippen LogP contribution in [0.5, 0.6) is 0 Å². The van der Waals surface area contributed by atoms with Crippen molar-refractivity contribution in [3.63, 3.8) is 0 Å². The first-order chi connectivity index (χ1) is 9.76. The monoisotopic (exact) mass is 274 g/mol. The molecule has 108 valence electrons. The number of hydrogen-bond donors (Lipinski definition) is 1. The predicted molar refractivity (Wildman–Crippen MR) is 77.2 cm³/mol. The molecule has 1 amide bonds. The zero-order chi connectivity index (χ0) is 13.9. The maximum absolute atomic E-state index is 12.6. The van der Waals surface area contributed by atoms with Crippen LogP contribution < -0.4 is 5.73 Å². The Morgan fingerprint density at radius 2 is 1.90 bits per heavy atom. The molecular formula is C16H22N2O2. The van der Waals surface area contributed by atoms with Gasteiger partial charge in [-0.3, -0.25) is 4.79 Å². The third kappa shape index (κ3) is 2.86. The summed E-state index contributed by atoms with van der Waals surface area (Å²) in [6, 6.07) is 10.1. The van der Waals surface area contributed by atoms with Crippen molar-refractivity contribution < 1.29 is 9.53 Å². The maximum atomic E-state index is 12.6. The molecule has 3 unspecified atom stereocenters. The van der Waals surface area contributed by atoms with E-state index in [-0.39, 0.29) is 24.0 Å². The van der Waals surface area contributed by atoms with Crippen molar-refractivity contribution >= 4 is 5.91 Å². The molecule has 2 aliphatic heterocycles. The van der Waals surface area contributed by atoms with E-state index < -0.39 is 0 Å². The van der Waals surface area contributed by atoms with E-state index in [9.17, 15) is 4.79 Å². The number of morpholine rings is 1. The summed E-state index contributed by atoms with van der Waals surface area (Å²) >= 11 is 0. The first kappa shape index (κ1) is 13.6. The highest BCUT2D eigenvalue weighted by Crippen LogP contribution is 2.27. The summed E-state index contributed by atoms with van der Waals surface area (Å²) in [5, 5.41) is 0. The van der Waals surface area contributed by atoms with Crippen LogP contribution >= 0.6 is 0 Å². The molecule has 0 aromatic heterocycles. The normalized spacial score (nSPS) is 26.6. The molecule has 3 atom stereocenters. The van der Waals surface area contributed by atoms with Crippen molar-refractivity contribution in [1.82, 2.24) is 4.90 Å². The molecular weight excluding hydrogens is 252 g/mol. The second-order valence-corrected chi connectivity index (χ2v) is 5.82. The van der Waals surface area contributed by atoms with Crippen molar-refractivity contribution in [1.29, 1.82) is 0 Å². The molecule has 4 nitrogen and oxygen atoms in total. The average molecular weight is 274 g/mol. The van der Waals surface area contributed by atoms with Gasteiger partial charge in [-0.2, -0.15) is 0 Å². The summed E-state index contributed by atoms with van der Waals surface area (Å²) in [5.74, 6) is 0.0754. The van der Waals surface area contributed by atoms with Crippen LogP contribution in [-0.2, 0) is 16.0 Å². The minimum absolute atomic E-state index is 0.116. The Kier molecular flexibility index (Phi) is 4.03. The van der Waals surface area contributed by atoms with E-state index in [2.05, 4.69) is 12.1 Å². The molecule has 2 saturated heterocycles. The fourth-order valence-corrected chi connectivity index (χ4v) is 3.22. The number of nitrogens with two attached hydrogens (primary N) is 1. The summed E-state index contributed by atoms with van der Waals surface area (Å²) in [5.41, 5.74) is 7.01. The van der Waals surface area contributed by atoms with E-state index in [4.69, 9.17) is 10.5 Å². The van der Waals surface area contributed by atoms with Gasteiger partial charge in [-0.15, -0.1) is 0 Å². The number of nitrogens with zero attached hydrogens (tertiary/aromatic N) is 1. The second kappa shape index (κ2) is 5.94. The Balaban J connectivity index is 1.65. The lowest BCUT2D eigenvalue weighted by molar-refractivity contribution is -0.143. The number of carbonyl (C=O) groups excluding carboxylic acids is 1. The van der Waals surface area contributed by atoms with Crippen molar-refractivity contribution in [2.24, 2.45) is 11.7 Å². The van der Waals surface area contributed by atoms with Crippen LogP contribution in [0.2, 0.25) is 0 Å². The van der Waals surface area contributed by atoms with Crippen LogP contribution in [0.25, 0.3) is 0 Å². The number of likely N-dealkylation sites (tertiary alicyclic amines) is 1. The molecule has 2 heterocycles. The molecule has 0 spiro atoms. The van der Waals surface area contributed by atoms with Crippen LogP contribution in [-0.4, -0.2) is 42.6 Å². The number of ether oxygens (including phenoxy) is 1. The first-order valence-corrected chi connectivity index (χ1v) is 7.44. The highest BCUT2D eigenvalue weighted by molar-refractivity contribution is 5.79. The Morgan fingerprint density at radius 1 is 1.25 bits per heavy atom. The molecule has 2 fully saturated rings. The molecule has 0 saturated carbocycles. The van der Waals surface area contributed by atoms with Gasteiger partial charge in [0.15, 0.2) is 0 Å². The quantitative estimate of drug-likeness (QED) is 0.897. The number of carbonyl (C=O) groups is 1. The van der Waals surface area contributed by atoms with E-state index in [0.717, 1.165) is 32.4 Å². The Hall–Kier alpha value is -1.39. The number of amides is 1. The standard InChI is InChI=1S/C16H22N2O2/c17-9-13(8-12-4-2-1-3-5-12)16(19)18-10-14-6-7-15(11-18)20-14/h1-5,13-15H,6-11,17H2. The molecule has 20 heavy (non-hydrogen) atoms. The van der Waals surface area contributed by atoms with Gasteiger partial charge in [0.1, 0.15) is 0 Å². The lowest BCUT2D eigenvalue weighted by Crippen LogP contribution is -2.49. The molecule has 0 radical (unpaired) electrons. The first-order valence-electron chi connectivity index (χ1n) is 7.44. The lowest BCUT2D eigenvalue weighted by Gasteiger charge is -2.34. The Morgan fingerprint density at radius 3 is 2.50 bits per heavy atom. The van der Waals surface area contributed by atoms with Crippen molar-refractivity contribution in [3.05, 3.63) is 35.9 Å². The van der Waals surface area contributed by atoms with Gasteiger partial charge in [-0.25, -0.2) is 0 Å². The zero-order valence-electron chi connectivity index (χ0n) is 11.7. The van der Waals surface area contributed by atoms with Gasteiger partial charge in [0.05, 0.1) is 18.1 Å². The van der Waals surface area contributed by atoms with E-state index in [1.807, 2.05) is 23.1 Å². The summed E-state index contributed by atoms with van der Waals surface area (Å²) in [7, 11) is 0. The number of rotatable bonds is 4. The fourth-order valence-electron chi connectivity index (χ4n) is 3.22. The Labute approximate surface area is 119 Å². The van der Waals surface area contributed by atoms with E-state index in [1.54, 1.807) is 0 Å². The summed E-state index contributed by atoms with van der Waals surface area (Å²) in [6.45, 7) is 1.88. The number of hydrogen-bond acceptors (Lipinski definition) is 3. The molecule has 1 aromatic carbocycles. The van der Waals surface area contributed by atoms with Gasteiger partial charge in [0.2, 0.25) is 5.91 Å². The number of benzene rings is 1. The van der Waals surface area contributed by atoms with Crippen LogP contribution in [0.15, 0.2) is 30.3 Å². The van der Waals surface area contributed by atoms with Crippen molar-refractivity contribution in [2.45, 2.75) is 31.5 Å². The predicted octanol–water partition coefficient (Wildman–Crippen LogP) is 1.19. The lowest BCUT2D eigenvalue weighted by atomic mass is 9.97. The molecule has 0 aliphatic carbocycles. The van der Waals surface area contributed by atoms with E-state index in [0.29, 0.717) is 6.54 Å². The Bertz CT molecular complexity index is 451. The van der Waals surface area contributed by atoms with Crippen LogP contribution in [0.4, 0.5) is 0 Å². The van der Waals surface area contributed by atoms with E-state index >= 15 is 0 Å². The molecule has 4 heteroatoms. The topological polar surface area (TPSA) is 55.6 Å². The maximum Gasteiger partial charge on any atom is 0.227 e. The summed E-state index contributed by atoms with van der Waals surface area (Å²) < 4.78 is 5.78. The highest BCUT2D eigenvalue weighted by atomic mass is 16.5. The average Bonchev–Trinajstić information content (AvgIpc) is 2.83. The van der Waals surface area contributed by atoms with E-state index in [1.165, 1.54) is 5.56 Å².